The smallest absolute Gasteiger partial charge is 0.252 e. The van der Waals surface area contributed by atoms with Gasteiger partial charge in [0.1, 0.15) is 11.8 Å². The van der Waals surface area contributed by atoms with Crippen molar-refractivity contribution in [2.45, 2.75) is 19.9 Å². The zero-order valence-corrected chi connectivity index (χ0v) is 9.81. The first kappa shape index (κ1) is 13.0. The van der Waals surface area contributed by atoms with Crippen LogP contribution in [0.4, 0.5) is 0 Å². The van der Waals surface area contributed by atoms with Crippen molar-refractivity contribution in [2.75, 3.05) is 0 Å². The number of aromatic hydroxyl groups is 1. The molecular weight excluding hydrogens is 220 g/mol. The zero-order valence-electron chi connectivity index (χ0n) is 9.81. The molecule has 1 rings (SSSR count). The van der Waals surface area contributed by atoms with Gasteiger partial charge < -0.3 is 16.2 Å². The predicted octanol–water partition coefficient (Wildman–Crippen LogP) is 0.632. The highest BCUT2D eigenvalue weighted by molar-refractivity contribution is 5.97. The van der Waals surface area contributed by atoms with E-state index in [0.717, 1.165) is 0 Å². The highest BCUT2D eigenvalue weighted by Gasteiger charge is 2.22. The van der Waals surface area contributed by atoms with Crippen molar-refractivity contribution in [3.05, 3.63) is 29.8 Å². The Bertz CT molecular complexity index is 430. The Kier molecular flexibility index (Phi) is 4.09. The first-order valence-corrected chi connectivity index (χ1v) is 5.31. The third-order valence-electron chi connectivity index (χ3n) is 2.37. The Labute approximate surface area is 99.6 Å². The SMILES string of the molecule is CC(C)C(NC(=O)c1cccc(O)c1)C(N)=O. The molecule has 5 nitrogen and oxygen atoms in total. The van der Waals surface area contributed by atoms with Gasteiger partial charge in [0.15, 0.2) is 0 Å². The molecule has 0 saturated heterocycles. The number of hydrogen-bond acceptors (Lipinski definition) is 3. The first-order chi connectivity index (χ1) is 7.91. The second-order valence-corrected chi connectivity index (χ2v) is 4.15. The van der Waals surface area contributed by atoms with E-state index < -0.39 is 17.9 Å². The number of rotatable bonds is 4. The highest BCUT2D eigenvalue weighted by atomic mass is 16.3. The van der Waals surface area contributed by atoms with Crippen LogP contribution in [0.25, 0.3) is 0 Å². The average Bonchev–Trinajstić information content (AvgIpc) is 2.24. The van der Waals surface area contributed by atoms with E-state index in [1.807, 2.05) is 0 Å². The van der Waals surface area contributed by atoms with E-state index >= 15 is 0 Å². The predicted molar refractivity (Wildman–Crippen MR) is 63.4 cm³/mol. The summed E-state index contributed by atoms with van der Waals surface area (Å²) in [5.41, 5.74) is 5.48. The van der Waals surface area contributed by atoms with E-state index in [2.05, 4.69) is 5.32 Å². The summed E-state index contributed by atoms with van der Waals surface area (Å²) in [5, 5.41) is 11.8. The Morgan fingerprint density at radius 1 is 1.35 bits per heavy atom. The molecule has 5 heteroatoms. The lowest BCUT2D eigenvalue weighted by molar-refractivity contribution is -0.120. The fraction of sp³-hybridized carbons (Fsp3) is 0.333. The van der Waals surface area contributed by atoms with Crippen LogP contribution in [0.2, 0.25) is 0 Å². The van der Waals surface area contributed by atoms with Crippen molar-refractivity contribution in [2.24, 2.45) is 11.7 Å². The molecular formula is C12H16N2O3. The van der Waals surface area contributed by atoms with Crippen LogP contribution in [-0.2, 0) is 4.79 Å². The topological polar surface area (TPSA) is 92.4 Å². The molecule has 1 atom stereocenters. The summed E-state index contributed by atoms with van der Waals surface area (Å²) in [6.07, 6.45) is 0. The van der Waals surface area contributed by atoms with Crippen LogP contribution in [0.3, 0.4) is 0 Å². The third-order valence-corrected chi connectivity index (χ3v) is 2.37. The fourth-order valence-electron chi connectivity index (χ4n) is 1.44. The lowest BCUT2D eigenvalue weighted by Gasteiger charge is -2.18. The van der Waals surface area contributed by atoms with E-state index in [-0.39, 0.29) is 17.2 Å². The monoisotopic (exact) mass is 236 g/mol. The summed E-state index contributed by atoms with van der Waals surface area (Å²) in [4.78, 5) is 22.9. The minimum Gasteiger partial charge on any atom is -0.508 e. The van der Waals surface area contributed by atoms with Crippen LogP contribution in [0.1, 0.15) is 24.2 Å². The molecule has 0 spiro atoms. The van der Waals surface area contributed by atoms with Crippen molar-refractivity contribution >= 4 is 11.8 Å². The van der Waals surface area contributed by atoms with E-state index in [1.54, 1.807) is 26.0 Å². The molecule has 1 unspecified atom stereocenters. The molecule has 0 aliphatic heterocycles. The van der Waals surface area contributed by atoms with Gasteiger partial charge in [-0.25, -0.2) is 0 Å². The second kappa shape index (κ2) is 5.34. The van der Waals surface area contributed by atoms with Crippen LogP contribution in [0.5, 0.6) is 5.75 Å². The Balaban J connectivity index is 2.81. The zero-order chi connectivity index (χ0) is 13.0. The summed E-state index contributed by atoms with van der Waals surface area (Å²) < 4.78 is 0. The number of nitrogens with two attached hydrogens (primary N) is 1. The molecule has 0 aromatic heterocycles. The van der Waals surface area contributed by atoms with E-state index in [4.69, 9.17) is 5.73 Å². The van der Waals surface area contributed by atoms with Crippen LogP contribution in [0.15, 0.2) is 24.3 Å². The van der Waals surface area contributed by atoms with Gasteiger partial charge in [-0.15, -0.1) is 0 Å². The van der Waals surface area contributed by atoms with E-state index in [0.29, 0.717) is 0 Å². The van der Waals surface area contributed by atoms with Crippen molar-refractivity contribution in [3.8, 4) is 5.75 Å². The molecule has 92 valence electrons. The van der Waals surface area contributed by atoms with Gasteiger partial charge in [-0.2, -0.15) is 0 Å². The lowest BCUT2D eigenvalue weighted by Crippen LogP contribution is -2.47. The summed E-state index contributed by atoms with van der Waals surface area (Å²) in [6.45, 7) is 3.58. The molecule has 1 aromatic carbocycles. The molecule has 0 aliphatic carbocycles. The quantitative estimate of drug-likeness (QED) is 0.716. The third kappa shape index (κ3) is 3.48. The van der Waals surface area contributed by atoms with Crippen molar-refractivity contribution in [1.29, 1.82) is 0 Å². The van der Waals surface area contributed by atoms with Crippen LogP contribution in [-0.4, -0.2) is 23.0 Å². The Morgan fingerprint density at radius 3 is 2.47 bits per heavy atom. The maximum atomic E-state index is 11.8. The van der Waals surface area contributed by atoms with Crippen molar-refractivity contribution in [1.82, 2.24) is 5.32 Å². The summed E-state index contributed by atoms with van der Waals surface area (Å²) in [6, 6.07) is 5.18. The number of amides is 2. The van der Waals surface area contributed by atoms with Gasteiger partial charge in [0.05, 0.1) is 0 Å². The number of phenolic OH excluding ortho intramolecular Hbond substituents is 1. The van der Waals surface area contributed by atoms with Gasteiger partial charge in [0.25, 0.3) is 5.91 Å². The number of carbonyl (C=O) groups excluding carboxylic acids is 2. The van der Waals surface area contributed by atoms with Crippen molar-refractivity contribution < 1.29 is 14.7 Å². The molecule has 2 amide bonds. The number of phenols is 1. The van der Waals surface area contributed by atoms with Gasteiger partial charge in [0.2, 0.25) is 5.91 Å². The van der Waals surface area contributed by atoms with Gasteiger partial charge in [-0.1, -0.05) is 19.9 Å². The van der Waals surface area contributed by atoms with Crippen LogP contribution < -0.4 is 11.1 Å². The maximum Gasteiger partial charge on any atom is 0.252 e. The van der Waals surface area contributed by atoms with Gasteiger partial charge in [0, 0.05) is 5.56 Å². The number of benzene rings is 1. The molecule has 0 bridgehead atoms. The Hall–Kier alpha value is -2.04. The normalized spacial score (nSPS) is 12.2. The minimum absolute atomic E-state index is 0.00202. The lowest BCUT2D eigenvalue weighted by atomic mass is 10.0. The Morgan fingerprint density at radius 2 is 2.00 bits per heavy atom. The van der Waals surface area contributed by atoms with Gasteiger partial charge in [-0.05, 0) is 24.1 Å². The number of primary amides is 1. The standard InChI is InChI=1S/C12H16N2O3/c1-7(2)10(11(13)16)14-12(17)8-4-3-5-9(15)6-8/h3-7,10,15H,1-2H3,(H2,13,16)(H,14,17). The van der Waals surface area contributed by atoms with Gasteiger partial charge in [-0.3, -0.25) is 9.59 Å². The number of hydrogen-bond donors (Lipinski definition) is 3. The summed E-state index contributed by atoms with van der Waals surface area (Å²) in [5.74, 6) is -1.10. The molecule has 0 saturated carbocycles. The summed E-state index contributed by atoms with van der Waals surface area (Å²) >= 11 is 0. The fourth-order valence-corrected chi connectivity index (χ4v) is 1.44. The largest absolute Gasteiger partial charge is 0.508 e. The number of carbonyl (C=O) groups is 2. The van der Waals surface area contributed by atoms with Gasteiger partial charge >= 0.3 is 0 Å². The van der Waals surface area contributed by atoms with Crippen molar-refractivity contribution in [3.63, 3.8) is 0 Å². The highest BCUT2D eigenvalue weighted by Crippen LogP contribution is 2.11. The molecule has 4 N–H and O–H groups in total. The van der Waals surface area contributed by atoms with E-state index in [1.165, 1.54) is 12.1 Å². The van der Waals surface area contributed by atoms with Crippen LogP contribution in [0, 0.1) is 5.92 Å². The first-order valence-electron chi connectivity index (χ1n) is 5.31. The molecule has 0 radical (unpaired) electrons. The average molecular weight is 236 g/mol. The molecule has 0 heterocycles. The molecule has 0 fully saturated rings. The second-order valence-electron chi connectivity index (χ2n) is 4.15. The minimum atomic E-state index is -0.718. The number of nitrogens with one attached hydrogen (secondary N) is 1. The molecule has 17 heavy (non-hydrogen) atoms. The molecule has 1 aromatic rings. The summed E-state index contributed by atoms with van der Waals surface area (Å²) in [7, 11) is 0. The van der Waals surface area contributed by atoms with Crippen LogP contribution >= 0.6 is 0 Å². The van der Waals surface area contributed by atoms with E-state index in [9.17, 15) is 14.7 Å². The maximum absolute atomic E-state index is 11.8. The molecule has 0 aliphatic rings.